The summed E-state index contributed by atoms with van der Waals surface area (Å²) in [5.74, 6) is 0. The number of hydrogen-bond acceptors (Lipinski definition) is 3. The van der Waals surface area contributed by atoms with Gasteiger partial charge in [0.25, 0.3) is 0 Å². The highest BCUT2D eigenvalue weighted by molar-refractivity contribution is 5.92. The van der Waals surface area contributed by atoms with E-state index in [0.717, 1.165) is 35.4 Å². The first-order valence-corrected chi connectivity index (χ1v) is 6.51. The standard InChI is InChI=1S/C14H22N4/c1-6-8-15-10-7-9-16-13-11(10)12(14(2,3)4)17-18(13)5/h7,9H,6,8H2,1-5H3,(H,15,16). The van der Waals surface area contributed by atoms with Gasteiger partial charge in [-0.3, -0.25) is 4.68 Å². The minimum absolute atomic E-state index is 0.0190. The van der Waals surface area contributed by atoms with Crippen LogP contribution in [0.15, 0.2) is 12.3 Å². The molecule has 98 valence electrons. The van der Waals surface area contributed by atoms with Gasteiger partial charge in [-0.05, 0) is 12.5 Å². The Hall–Kier alpha value is -1.58. The van der Waals surface area contributed by atoms with Crippen molar-refractivity contribution in [3.63, 3.8) is 0 Å². The molecule has 4 heteroatoms. The first-order valence-electron chi connectivity index (χ1n) is 6.51. The Kier molecular flexibility index (Phi) is 3.28. The number of aryl methyl sites for hydroxylation is 1. The van der Waals surface area contributed by atoms with Crippen molar-refractivity contribution in [1.82, 2.24) is 14.8 Å². The minimum Gasteiger partial charge on any atom is -0.384 e. The SMILES string of the molecule is CCCNc1ccnc2c1c(C(C)(C)C)nn2C. The monoisotopic (exact) mass is 246 g/mol. The fourth-order valence-corrected chi connectivity index (χ4v) is 2.11. The molecule has 0 aliphatic carbocycles. The molecule has 18 heavy (non-hydrogen) atoms. The van der Waals surface area contributed by atoms with Gasteiger partial charge < -0.3 is 5.32 Å². The number of rotatable bonds is 3. The van der Waals surface area contributed by atoms with Crippen LogP contribution >= 0.6 is 0 Å². The molecule has 1 N–H and O–H groups in total. The molecule has 0 aromatic carbocycles. The number of pyridine rings is 1. The molecule has 0 aliphatic heterocycles. The Morgan fingerprint density at radius 1 is 1.33 bits per heavy atom. The van der Waals surface area contributed by atoms with Crippen LogP contribution in [-0.2, 0) is 12.5 Å². The molecule has 2 rings (SSSR count). The van der Waals surface area contributed by atoms with Gasteiger partial charge in [0.05, 0.1) is 11.1 Å². The van der Waals surface area contributed by atoms with Gasteiger partial charge >= 0.3 is 0 Å². The Morgan fingerprint density at radius 3 is 2.67 bits per heavy atom. The van der Waals surface area contributed by atoms with Crippen molar-refractivity contribution in [2.75, 3.05) is 11.9 Å². The molecule has 4 nitrogen and oxygen atoms in total. The van der Waals surface area contributed by atoms with Crippen LogP contribution in [0.4, 0.5) is 5.69 Å². The molecule has 0 aliphatic rings. The third-order valence-corrected chi connectivity index (χ3v) is 3.00. The number of aromatic nitrogens is 3. The molecule has 2 aromatic rings. The molecule has 0 amide bonds. The fourth-order valence-electron chi connectivity index (χ4n) is 2.11. The van der Waals surface area contributed by atoms with Gasteiger partial charge in [0.1, 0.15) is 0 Å². The van der Waals surface area contributed by atoms with E-state index < -0.39 is 0 Å². The molecule has 2 aromatic heterocycles. The predicted octanol–water partition coefficient (Wildman–Crippen LogP) is 3.09. The molecular formula is C14H22N4. The van der Waals surface area contributed by atoms with E-state index in [4.69, 9.17) is 0 Å². The maximum absolute atomic E-state index is 4.64. The Morgan fingerprint density at radius 2 is 2.06 bits per heavy atom. The van der Waals surface area contributed by atoms with Crippen molar-refractivity contribution in [2.24, 2.45) is 7.05 Å². The lowest BCUT2D eigenvalue weighted by Crippen LogP contribution is -2.13. The molecule has 0 spiro atoms. The van der Waals surface area contributed by atoms with E-state index in [9.17, 15) is 0 Å². The summed E-state index contributed by atoms with van der Waals surface area (Å²) in [7, 11) is 1.95. The topological polar surface area (TPSA) is 42.7 Å². The largest absolute Gasteiger partial charge is 0.384 e. The average Bonchev–Trinajstić information content (AvgIpc) is 2.65. The minimum atomic E-state index is 0.0190. The van der Waals surface area contributed by atoms with E-state index in [1.165, 1.54) is 0 Å². The lowest BCUT2D eigenvalue weighted by atomic mass is 9.90. The first-order chi connectivity index (χ1) is 8.45. The highest BCUT2D eigenvalue weighted by atomic mass is 15.3. The normalized spacial score (nSPS) is 12.1. The van der Waals surface area contributed by atoms with E-state index in [2.05, 4.69) is 43.1 Å². The first kappa shape index (κ1) is 12.9. The van der Waals surface area contributed by atoms with Crippen molar-refractivity contribution >= 4 is 16.7 Å². The predicted molar refractivity (Wildman–Crippen MR) is 76.0 cm³/mol. The maximum Gasteiger partial charge on any atom is 0.159 e. The summed E-state index contributed by atoms with van der Waals surface area (Å²) < 4.78 is 1.87. The van der Waals surface area contributed by atoms with Crippen LogP contribution in [0.25, 0.3) is 11.0 Å². The summed E-state index contributed by atoms with van der Waals surface area (Å²) in [6.07, 6.45) is 2.95. The van der Waals surface area contributed by atoms with Crippen LogP contribution in [0, 0.1) is 0 Å². The van der Waals surface area contributed by atoms with Crippen LogP contribution in [0.1, 0.15) is 39.8 Å². The molecule has 0 unspecified atom stereocenters. The lowest BCUT2D eigenvalue weighted by molar-refractivity contribution is 0.558. The van der Waals surface area contributed by atoms with Crippen LogP contribution in [0.3, 0.4) is 0 Å². The molecule has 0 saturated carbocycles. The van der Waals surface area contributed by atoms with Crippen molar-refractivity contribution < 1.29 is 0 Å². The zero-order valence-electron chi connectivity index (χ0n) is 11.9. The van der Waals surface area contributed by atoms with Crippen molar-refractivity contribution in [3.8, 4) is 0 Å². The summed E-state index contributed by atoms with van der Waals surface area (Å²) >= 11 is 0. The lowest BCUT2D eigenvalue weighted by Gasteiger charge is -2.17. The smallest absolute Gasteiger partial charge is 0.159 e. The highest BCUT2D eigenvalue weighted by Crippen LogP contribution is 2.32. The number of anilines is 1. The van der Waals surface area contributed by atoms with Gasteiger partial charge in [-0.15, -0.1) is 0 Å². The Bertz CT molecular complexity index is 549. The van der Waals surface area contributed by atoms with Crippen molar-refractivity contribution in [1.29, 1.82) is 0 Å². The van der Waals surface area contributed by atoms with E-state index in [0.29, 0.717) is 0 Å². The Labute approximate surface area is 108 Å². The second-order valence-electron chi connectivity index (χ2n) is 5.71. The van der Waals surface area contributed by atoms with Crippen LogP contribution < -0.4 is 5.32 Å². The molecule has 0 saturated heterocycles. The third-order valence-electron chi connectivity index (χ3n) is 3.00. The highest BCUT2D eigenvalue weighted by Gasteiger charge is 2.24. The zero-order chi connectivity index (χ0) is 13.3. The van der Waals surface area contributed by atoms with Gasteiger partial charge in [0.15, 0.2) is 5.65 Å². The molecule has 0 bridgehead atoms. The molecule has 0 radical (unpaired) electrons. The van der Waals surface area contributed by atoms with Gasteiger partial charge in [-0.2, -0.15) is 5.10 Å². The van der Waals surface area contributed by atoms with Crippen molar-refractivity contribution in [2.45, 2.75) is 39.5 Å². The summed E-state index contributed by atoms with van der Waals surface area (Å²) in [6.45, 7) is 9.69. The molecular weight excluding hydrogens is 224 g/mol. The summed E-state index contributed by atoms with van der Waals surface area (Å²) in [6, 6.07) is 2.04. The molecule has 0 fully saturated rings. The summed E-state index contributed by atoms with van der Waals surface area (Å²) in [5.41, 5.74) is 3.21. The molecule has 0 atom stereocenters. The van der Waals surface area contributed by atoms with Crippen molar-refractivity contribution in [3.05, 3.63) is 18.0 Å². The van der Waals surface area contributed by atoms with E-state index >= 15 is 0 Å². The van der Waals surface area contributed by atoms with Crippen LogP contribution in [0.5, 0.6) is 0 Å². The second-order valence-corrected chi connectivity index (χ2v) is 5.71. The van der Waals surface area contributed by atoms with Gasteiger partial charge in [0.2, 0.25) is 0 Å². The fraction of sp³-hybridized carbons (Fsp3) is 0.571. The average molecular weight is 246 g/mol. The number of fused-ring (bicyclic) bond motifs is 1. The number of nitrogens with zero attached hydrogens (tertiary/aromatic N) is 3. The molecule has 2 heterocycles. The number of nitrogens with one attached hydrogen (secondary N) is 1. The van der Waals surface area contributed by atoms with Gasteiger partial charge in [0, 0.05) is 30.9 Å². The van der Waals surface area contributed by atoms with Crippen LogP contribution in [0.2, 0.25) is 0 Å². The van der Waals surface area contributed by atoms with Gasteiger partial charge in [-0.1, -0.05) is 27.7 Å². The third kappa shape index (κ3) is 2.19. The summed E-state index contributed by atoms with van der Waals surface area (Å²) in [4.78, 5) is 4.44. The van der Waals surface area contributed by atoms with E-state index in [-0.39, 0.29) is 5.41 Å². The Balaban J connectivity index is 2.65. The van der Waals surface area contributed by atoms with Crippen LogP contribution in [-0.4, -0.2) is 21.3 Å². The zero-order valence-corrected chi connectivity index (χ0v) is 11.9. The summed E-state index contributed by atoms with van der Waals surface area (Å²) in [5, 5.41) is 9.27. The quantitative estimate of drug-likeness (QED) is 0.905. The second kappa shape index (κ2) is 4.59. The maximum atomic E-state index is 4.64. The number of hydrogen-bond donors (Lipinski definition) is 1. The van der Waals surface area contributed by atoms with Gasteiger partial charge in [-0.25, -0.2) is 4.98 Å². The van der Waals surface area contributed by atoms with E-state index in [1.54, 1.807) is 0 Å². The van der Waals surface area contributed by atoms with E-state index in [1.807, 2.05) is 24.0 Å².